The number of anilines is 1. The maximum Gasteiger partial charge on any atom is 0.338 e. The highest BCUT2D eigenvalue weighted by Crippen LogP contribution is 2.28. The minimum atomic E-state index is -0.423. The first-order valence-corrected chi connectivity index (χ1v) is 12.0. The van der Waals surface area contributed by atoms with Gasteiger partial charge < -0.3 is 15.4 Å². The van der Waals surface area contributed by atoms with Crippen LogP contribution in [0.1, 0.15) is 67.3 Å². The summed E-state index contributed by atoms with van der Waals surface area (Å²) >= 11 is 0. The third-order valence-electron chi connectivity index (χ3n) is 6.75. The summed E-state index contributed by atoms with van der Waals surface area (Å²) in [6, 6.07) is 16.5. The van der Waals surface area contributed by atoms with Crippen LogP contribution in [0.5, 0.6) is 0 Å². The number of hydrogen-bond acceptors (Lipinski definition) is 4. The Morgan fingerprint density at radius 3 is 2.21 bits per heavy atom. The van der Waals surface area contributed by atoms with Crippen LogP contribution in [0.4, 0.5) is 5.69 Å². The summed E-state index contributed by atoms with van der Waals surface area (Å²) in [6.45, 7) is 0.205. The number of esters is 1. The lowest BCUT2D eigenvalue weighted by Gasteiger charge is -2.29. The summed E-state index contributed by atoms with van der Waals surface area (Å²) < 4.78 is 5.38. The number of carbonyl (C=O) groups excluding carboxylic acids is 3. The second kappa shape index (κ2) is 11.1. The van der Waals surface area contributed by atoms with Crippen LogP contribution in [0.15, 0.2) is 54.6 Å². The van der Waals surface area contributed by atoms with Gasteiger partial charge in [0.2, 0.25) is 11.8 Å². The van der Waals surface area contributed by atoms with Gasteiger partial charge in [0.1, 0.15) is 6.61 Å². The molecule has 0 bridgehead atoms. The van der Waals surface area contributed by atoms with Crippen molar-refractivity contribution in [3.8, 4) is 0 Å². The molecule has 2 aromatic rings. The molecule has 2 amide bonds. The fraction of sp³-hybridized carbons (Fsp3) is 0.444. The maximum absolute atomic E-state index is 12.8. The highest BCUT2D eigenvalue weighted by Gasteiger charge is 2.29. The molecular weight excluding hydrogens is 416 g/mol. The largest absolute Gasteiger partial charge is 0.457 e. The summed E-state index contributed by atoms with van der Waals surface area (Å²) in [4.78, 5) is 37.5. The number of hydrogen-bond donors (Lipinski definition) is 2. The van der Waals surface area contributed by atoms with Gasteiger partial charge in [0, 0.05) is 23.6 Å². The van der Waals surface area contributed by atoms with Crippen LogP contribution >= 0.6 is 0 Å². The molecule has 6 nitrogen and oxygen atoms in total. The van der Waals surface area contributed by atoms with Gasteiger partial charge >= 0.3 is 5.97 Å². The topological polar surface area (TPSA) is 84.5 Å². The van der Waals surface area contributed by atoms with E-state index in [1.54, 1.807) is 24.3 Å². The molecule has 2 aliphatic rings. The van der Waals surface area contributed by atoms with Gasteiger partial charge in [-0.25, -0.2) is 4.79 Å². The summed E-state index contributed by atoms with van der Waals surface area (Å²) in [5.74, 6) is -0.175. The molecule has 174 valence electrons. The number of benzene rings is 2. The van der Waals surface area contributed by atoms with Gasteiger partial charge in [-0.2, -0.15) is 0 Å². The van der Waals surface area contributed by atoms with Gasteiger partial charge in [-0.05, 0) is 62.3 Å². The molecule has 0 aromatic heterocycles. The lowest BCUT2D eigenvalue weighted by Crippen LogP contribution is -2.41. The molecule has 0 radical (unpaired) electrons. The summed E-state index contributed by atoms with van der Waals surface area (Å²) in [5, 5.41) is 6.14. The average molecular weight is 449 g/mol. The van der Waals surface area contributed by atoms with Gasteiger partial charge in [0.15, 0.2) is 0 Å². The van der Waals surface area contributed by atoms with Crippen LogP contribution in [0.2, 0.25) is 0 Å². The molecular formula is C27H32N2O4. The summed E-state index contributed by atoms with van der Waals surface area (Å²) in [5.41, 5.74) is 1.92. The number of ether oxygens (including phenoxy) is 1. The summed E-state index contributed by atoms with van der Waals surface area (Å²) in [6.07, 6.45) is 7.45. The van der Waals surface area contributed by atoms with Crippen molar-refractivity contribution in [1.29, 1.82) is 0 Å². The molecule has 0 unspecified atom stereocenters. The number of nitrogens with one attached hydrogen (secondary N) is 2. The normalized spacial score (nSPS) is 20.7. The zero-order valence-electron chi connectivity index (χ0n) is 18.9. The van der Waals surface area contributed by atoms with Crippen LogP contribution in [-0.2, 0) is 20.9 Å². The molecule has 0 spiro atoms. The van der Waals surface area contributed by atoms with Crippen LogP contribution in [-0.4, -0.2) is 23.8 Å². The zero-order chi connectivity index (χ0) is 23.0. The molecule has 6 heteroatoms. The van der Waals surface area contributed by atoms with E-state index in [9.17, 15) is 14.4 Å². The number of amides is 2. The Balaban J connectivity index is 1.24. The van der Waals surface area contributed by atoms with E-state index >= 15 is 0 Å². The fourth-order valence-corrected chi connectivity index (χ4v) is 4.78. The molecule has 2 saturated carbocycles. The van der Waals surface area contributed by atoms with Crippen molar-refractivity contribution in [2.75, 3.05) is 5.32 Å². The Bertz CT molecular complexity index is 961. The number of carbonyl (C=O) groups is 3. The van der Waals surface area contributed by atoms with E-state index in [0.717, 1.165) is 56.9 Å². The Labute approximate surface area is 195 Å². The Morgan fingerprint density at radius 1 is 0.788 bits per heavy atom. The highest BCUT2D eigenvalue weighted by atomic mass is 16.5. The van der Waals surface area contributed by atoms with E-state index in [2.05, 4.69) is 10.6 Å². The third kappa shape index (κ3) is 6.44. The molecule has 0 saturated heterocycles. The monoisotopic (exact) mass is 448 g/mol. The highest BCUT2D eigenvalue weighted by molar-refractivity contribution is 5.95. The first-order valence-electron chi connectivity index (χ1n) is 12.0. The lowest BCUT2D eigenvalue weighted by atomic mass is 9.85. The van der Waals surface area contributed by atoms with Crippen molar-refractivity contribution in [3.63, 3.8) is 0 Å². The van der Waals surface area contributed by atoms with Crippen LogP contribution in [0.25, 0.3) is 0 Å². The first-order chi connectivity index (χ1) is 16.1. The predicted molar refractivity (Wildman–Crippen MR) is 126 cm³/mol. The van der Waals surface area contributed by atoms with Crippen molar-refractivity contribution in [2.45, 2.75) is 64.0 Å². The lowest BCUT2D eigenvalue weighted by molar-refractivity contribution is -0.125. The zero-order valence-corrected chi connectivity index (χ0v) is 18.9. The first kappa shape index (κ1) is 23.0. The van der Waals surface area contributed by atoms with Crippen LogP contribution in [0, 0.1) is 11.8 Å². The quantitative estimate of drug-likeness (QED) is 0.593. The van der Waals surface area contributed by atoms with Crippen LogP contribution in [0.3, 0.4) is 0 Å². The van der Waals surface area contributed by atoms with Crippen molar-refractivity contribution in [2.24, 2.45) is 11.8 Å². The Hall–Kier alpha value is -3.15. The van der Waals surface area contributed by atoms with Gasteiger partial charge in [0.25, 0.3) is 0 Å². The average Bonchev–Trinajstić information content (AvgIpc) is 3.39. The van der Waals surface area contributed by atoms with E-state index in [4.69, 9.17) is 4.74 Å². The molecule has 0 atom stereocenters. The SMILES string of the molecule is O=C(OCc1ccccc1)c1cccc(NC(=O)C2CCC(NC(=O)C3CCCC3)CC2)c1. The van der Waals surface area contributed by atoms with Crippen molar-refractivity contribution in [1.82, 2.24) is 5.32 Å². The van der Waals surface area contributed by atoms with Crippen molar-refractivity contribution < 1.29 is 19.1 Å². The molecule has 0 aliphatic heterocycles. The minimum Gasteiger partial charge on any atom is -0.457 e. The Kier molecular flexibility index (Phi) is 7.76. The maximum atomic E-state index is 12.8. The van der Waals surface area contributed by atoms with Crippen LogP contribution < -0.4 is 10.6 Å². The second-order valence-corrected chi connectivity index (χ2v) is 9.17. The summed E-state index contributed by atoms with van der Waals surface area (Å²) in [7, 11) is 0. The van der Waals surface area contributed by atoms with E-state index < -0.39 is 5.97 Å². The third-order valence-corrected chi connectivity index (χ3v) is 6.75. The van der Waals surface area contributed by atoms with E-state index in [-0.39, 0.29) is 36.3 Å². The van der Waals surface area contributed by atoms with Gasteiger partial charge in [-0.1, -0.05) is 49.2 Å². The molecule has 2 N–H and O–H groups in total. The van der Waals surface area contributed by atoms with Crippen molar-refractivity contribution >= 4 is 23.5 Å². The molecule has 33 heavy (non-hydrogen) atoms. The van der Waals surface area contributed by atoms with E-state index in [1.807, 2.05) is 30.3 Å². The minimum absolute atomic E-state index is 0.0367. The molecule has 0 heterocycles. The molecule has 2 aromatic carbocycles. The van der Waals surface area contributed by atoms with Gasteiger partial charge in [-0.3, -0.25) is 9.59 Å². The smallest absolute Gasteiger partial charge is 0.338 e. The van der Waals surface area contributed by atoms with E-state index in [0.29, 0.717) is 11.3 Å². The fourth-order valence-electron chi connectivity index (χ4n) is 4.78. The number of rotatable bonds is 7. The van der Waals surface area contributed by atoms with Crippen molar-refractivity contribution in [3.05, 3.63) is 65.7 Å². The predicted octanol–water partition coefficient (Wildman–Crippen LogP) is 4.85. The molecule has 4 rings (SSSR count). The van der Waals surface area contributed by atoms with E-state index in [1.165, 1.54) is 0 Å². The second-order valence-electron chi connectivity index (χ2n) is 9.17. The van der Waals surface area contributed by atoms with Gasteiger partial charge in [0.05, 0.1) is 5.56 Å². The van der Waals surface area contributed by atoms with Gasteiger partial charge in [-0.15, -0.1) is 0 Å². The Morgan fingerprint density at radius 2 is 1.48 bits per heavy atom. The standard InChI is InChI=1S/C27H32N2O4/c30-25(20-9-4-5-10-20)28-23-15-13-21(14-16-23)26(31)29-24-12-6-11-22(17-24)27(32)33-18-19-7-2-1-3-8-19/h1-3,6-8,11-12,17,20-21,23H,4-5,9-10,13-16,18H2,(H,28,30)(H,29,31). The molecule has 2 aliphatic carbocycles. The molecule has 2 fully saturated rings.